The van der Waals surface area contributed by atoms with Crippen molar-refractivity contribution in [3.8, 4) is 0 Å². The van der Waals surface area contributed by atoms with E-state index in [-0.39, 0.29) is 24.9 Å². The van der Waals surface area contributed by atoms with E-state index in [4.69, 9.17) is 14.2 Å². The summed E-state index contributed by atoms with van der Waals surface area (Å²) in [5.41, 5.74) is 0. The standard InChI is InChI=1S/C13H23NO6/c1-18-7-8-19-6-4-11(15)14-12(13(16)17)10-3-2-5-20-9-10/h10,12H,2-9H2,1H3,(H,14,15)(H,16,17). The molecule has 1 fully saturated rings. The number of methoxy groups -OCH3 is 1. The Hall–Kier alpha value is -1.18. The molecule has 0 aromatic carbocycles. The Balaban J connectivity index is 2.29. The highest BCUT2D eigenvalue weighted by Crippen LogP contribution is 2.17. The summed E-state index contributed by atoms with van der Waals surface area (Å²) in [4.78, 5) is 22.9. The van der Waals surface area contributed by atoms with Crippen molar-refractivity contribution in [1.29, 1.82) is 0 Å². The Bertz CT molecular complexity index is 303. The van der Waals surface area contributed by atoms with E-state index in [1.165, 1.54) is 0 Å². The van der Waals surface area contributed by atoms with Gasteiger partial charge in [0.25, 0.3) is 0 Å². The molecule has 1 aliphatic heterocycles. The number of carbonyl (C=O) groups excluding carboxylic acids is 1. The van der Waals surface area contributed by atoms with Crippen LogP contribution in [0.1, 0.15) is 19.3 Å². The smallest absolute Gasteiger partial charge is 0.326 e. The summed E-state index contributed by atoms with van der Waals surface area (Å²) >= 11 is 0. The molecule has 7 heteroatoms. The van der Waals surface area contributed by atoms with Gasteiger partial charge >= 0.3 is 5.97 Å². The quantitative estimate of drug-likeness (QED) is 0.582. The zero-order valence-electron chi connectivity index (χ0n) is 11.8. The molecule has 2 unspecified atom stereocenters. The summed E-state index contributed by atoms with van der Waals surface area (Å²) < 4.78 is 15.2. The van der Waals surface area contributed by atoms with Crippen LogP contribution < -0.4 is 5.32 Å². The molecule has 0 radical (unpaired) electrons. The average Bonchev–Trinajstić information content (AvgIpc) is 2.45. The van der Waals surface area contributed by atoms with Gasteiger partial charge in [0.1, 0.15) is 6.04 Å². The summed E-state index contributed by atoms with van der Waals surface area (Å²) in [7, 11) is 1.57. The lowest BCUT2D eigenvalue weighted by atomic mass is 9.93. The van der Waals surface area contributed by atoms with Crippen molar-refractivity contribution in [2.24, 2.45) is 5.92 Å². The van der Waals surface area contributed by atoms with Gasteiger partial charge in [-0.15, -0.1) is 0 Å². The summed E-state index contributed by atoms with van der Waals surface area (Å²) in [6.07, 6.45) is 1.72. The first-order valence-corrected chi connectivity index (χ1v) is 6.81. The number of carboxylic acids is 1. The maximum atomic E-state index is 11.7. The maximum Gasteiger partial charge on any atom is 0.326 e. The minimum atomic E-state index is -1.02. The third-order valence-corrected chi connectivity index (χ3v) is 3.15. The van der Waals surface area contributed by atoms with Crippen LogP contribution >= 0.6 is 0 Å². The molecule has 7 nitrogen and oxygen atoms in total. The van der Waals surface area contributed by atoms with Gasteiger partial charge in [-0.3, -0.25) is 4.79 Å². The number of hydrogen-bond donors (Lipinski definition) is 2. The third kappa shape index (κ3) is 6.31. The zero-order valence-corrected chi connectivity index (χ0v) is 11.8. The Kier molecular flexibility index (Phi) is 8.17. The van der Waals surface area contributed by atoms with Crippen molar-refractivity contribution < 1.29 is 28.9 Å². The highest BCUT2D eigenvalue weighted by molar-refractivity contribution is 5.83. The van der Waals surface area contributed by atoms with Crippen molar-refractivity contribution in [2.45, 2.75) is 25.3 Å². The molecule has 1 saturated heterocycles. The molecule has 1 amide bonds. The number of aliphatic carboxylic acids is 1. The second kappa shape index (κ2) is 9.68. The lowest BCUT2D eigenvalue weighted by Gasteiger charge is -2.28. The van der Waals surface area contributed by atoms with Crippen LogP contribution in [-0.2, 0) is 23.8 Å². The number of nitrogens with one attached hydrogen (secondary N) is 1. The van der Waals surface area contributed by atoms with Gasteiger partial charge < -0.3 is 24.6 Å². The highest BCUT2D eigenvalue weighted by Gasteiger charge is 2.31. The molecule has 116 valence electrons. The van der Waals surface area contributed by atoms with Gasteiger partial charge in [-0.1, -0.05) is 0 Å². The minimum absolute atomic E-state index is 0.140. The van der Waals surface area contributed by atoms with Crippen molar-refractivity contribution in [3.63, 3.8) is 0 Å². The Morgan fingerprint density at radius 2 is 2.20 bits per heavy atom. The zero-order chi connectivity index (χ0) is 14.8. The van der Waals surface area contributed by atoms with E-state index in [0.717, 1.165) is 12.8 Å². The maximum absolute atomic E-state index is 11.7. The Morgan fingerprint density at radius 3 is 2.80 bits per heavy atom. The number of ether oxygens (including phenoxy) is 3. The summed E-state index contributed by atoms with van der Waals surface area (Å²) in [6.45, 7) is 2.18. The lowest BCUT2D eigenvalue weighted by Crippen LogP contribution is -2.48. The van der Waals surface area contributed by atoms with Gasteiger partial charge in [0, 0.05) is 26.1 Å². The summed E-state index contributed by atoms with van der Waals surface area (Å²) in [5, 5.41) is 11.7. The molecule has 20 heavy (non-hydrogen) atoms. The fourth-order valence-electron chi connectivity index (χ4n) is 2.06. The van der Waals surface area contributed by atoms with E-state index in [0.29, 0.717) is 26.4 Å². The van der Waals surface area contributed by atoms with Crippen LogP contribution in [0.25, 0.3) is 0 Å². The molecule has 0 aliphatic carbocycles. The van der Waals surface area contributed by atoms with Crippen molar-refractivity contribution in [2.75, 3.05) is 40.1 Å². The number of amides is 1. The molecule has 1 heterocycles. The molecule has 0 bridgehead atoms. The first-order valence-electron chi connectivity index (χ1n) is 6.81. The van der Waals surface area contributed by atoms with Crippen molar-refractivity contribution in [1.82, 2.24) is 5.32 Å². The van der Waals surface area contributed by atoms with Gasteiger partial charge in [0.2, 0.25) is 5.91 Å². The molecular formula is C13H23NO6. The van der Waals surface area contributed by atoms with E-state index >= 15 is 0 Å². The molecule has 0 saturated carbocycles. The molecule has 1 rings (SSSR count). The highest BCUT2D eigenvalue weighted by atomic mass is 16.5. The molecule has 2 N–H and O–H groups in total. The monoisotopic (exact) mass is 289 g/mol. The fourth-order valence-corrected chi connectivity index (χ4v) is 2.06. The van der Waals surface area contributed by atoms with E-state index < -0.39 is 12.0 Å². The van der Waals surface area contributed by atoms with E-state index in [1.54, 1.807) is 7.11 Å². The molecular weight excluding hydrogens is 266 g/mol. The van der Waals surface area contributed by atoms with Crippen LogP contribution in [0.4, 0.5) is 0 Å². The van der Waals surface area contributed by atoms with Gasteiger partial charge in [-0.2, -0.15) is 0 Å². The third-order valence-electron chi connectivity index (χ3n) is 3.15. The normalized spacial score (nSPS) is 20.4. The van der Waals surface area contributed by atoms with Crippen LogP contribution in [0, 0.1) is 5.92 Å². The van der Waals surface area contributed by atoms with Crippen LogP contribution in [0.5, 0.6) is 0 Å². The SMILES string of the molecule is COCCOCCC(=O)NC(C(=O)O)C1CCCOC1. The largest absolute Gasteiger partial charge is 0.480 e. The summed E-state index contributed by atoms with van der Waals surface area (Å²) in [5.74, 6) is -1.51. The van der Waals surface area contributed by atoms with Crippen molar-refractivity contribution >= 4 is 11.9 Å². The predicted octanol–water partition coefficient (Wildman–Crippen LogP) is 0.0355. The van der Waals surface area contributed by atoms with Crippen LogP contribution in [0.15, 0.2) is 0 Å². The lowest BCUT2D eigenvalue weighted by molar-refractivity contribution is -0.145. The van der Waals surface area contributed by atoms with Crippen LogP contribution in [0.2, 0.25) is 0 Å². The fraction of sp³-hybridized carbons (Fsp3) is 0.846. The van der Waals surface area contributed by atoms with E-state index in [2.05, 4.69) is 5.32 Å². The minimum Gasteiger partial charge on any atom is -0.480 e. The number of rotatable bonds is 9. The number of carboxylic acid groups (broad SMARTS) is 1. The average molecular weight is 289 g/mol. The van der Waals surface area contributed by atoms with Crippen LogP contribution in [0.3, 0.4) is 0 Å². The number of hydrogen-bond acceptors (Lipinski definition) is 5. The van der Waals surface area contributed by atoms with Gasteiger partial charge in [0.05, 0.1) is 26.4 Å². The molecule has 0 aromatic heterocycles. The van der Waals surface area contributed by atoms with Gasteiger partial charge in [-0.25, -0.2) is 4.79 Å². The first kappa shape index (κ1) is 16.9. The first-order chi connectivity index (χ1) is 9.65. The second-order valence-corrected chi connectivity index (χ2v) is 4.72. The molecule has 1 aliphatic rings. The van der Waals surface area contributed by atoms with Crippen molar-refractivity contribution in [3.05, 3.63) is 0 Å². The predicted molar refractivity (Wildman–Crippen MR) is 70.4 cm³/mol. The molecule has 2 atom stereocenters. The van der Waals surface area contributed by atoms with E-state index in [1.807, 2.05) is 0 Å². The second-order valence-electron chi connectivity index (χ2n) is 4.72. The number of carbonyl (C=O) groups is 2. The molecule has 0 spiro atoms. The van der Waals surface area contributed by atoms with Gasteiger partial charge in [-0.05, 0) is 12.8 Å². The van der Waals surface area contributed by atoms with Crippen LogP contribution in [-0.4, -0.2) is 63.2 Å². The topological polar surface area (TPSA) is 94.1 Å². The Morgan fingerprint density at radius 1 is 1.40 bits per heavy atom. The summed E-state index contributed by atoms with van der Waals surface area (Å²) in [6, 6.07) is -0.887. The molecule has 0 aromatic rings. The Labute approximate surface area is 118 Å². The van der Waals surface area contributed by atoms with Gasteiger partial charge in [0.15, 0.2) is 0 Å². The van der Waals surface area contributed by atoms with E-state index in [9.17, 15) is 14.7 Å².